The lowest BCUT2D eigenvalue weighted by molar-refractivity contribution is 0.0916. The molecule has 0 fully saturated rings. The summed E-state index contributed by atoms with van der Waals surface area (Å²) in [5.74, 6) is 1.64. The number of ether oxygens (including phenoxy) is 1. The standard InChI is InChI=1S/C20H22N2O3/c1-14(11-21)12-22-20(23)19-9-8-18(25-19)13-24-17-7-6-15-4-2-3-5-16(15)10-17/h2-10,14H,11-13,21H2,1H3,(H,22,23). The number of fused-ring (bicyclic) bond motifs is 1. The van der Waals surface area contributed by atoms with Crippen LogP contribution in [0.25, 0.3) is 10.8 Å². The Morgan fingerprint density at radius 1 is 1.16 bits per heavy atom. The highest BCUT2D eigenvalue weighted by Gasteiger charge is 2.12. The minimum Gasteiger partial charge on any atom is -0.486 e. The molecule has 0 saturated carbocycles. The van der Waals surface area contributed by atoms with Crippen LogP contribution in [-0.2, 0) is 6.61 Å². The third-order valence-corrected chi connectivity index (χ3v) is 4.00. The molecule has 1 heterocycles. The van der Waals surface area contributed by atoms with Gasteiger partial charge in [-0.05, 0) is 47.5 Å². The monoisotopic (exact) mass is 338 g/mol. The van der Waals surface area contributed by atoms with Crippen molar-refractivity contribution >= 4 is 16.7 Å². The zero-order chi connectivity index (χ0) is 17.6. The Balaban J connectivity index is 1.58. The normalized spacial score (nSPS) is 12.1. The Morgan fingerprint density at radius 2 is 1.96 bits per heavy atom. The van der Waals surface area contributed by atoms with E-state index in [-0.39, 0.29) is 24.2 Å². The SMILES string of the molecule is CC(CN)CNC(=O)c1ccc(COc2ccc3ccccc3c2)o1. The number of nitrogens with two attached hydrogens (primary N) is 1. The van der Waals surface area contributed by atoms with Crippen LogP contribution in [0.2, 0.25) is 0 Å². The van der Waals surface area contributed by atoms with Gasteiger partial charge < -0.3 is 20.2 Å². The van der Waals surface area contributed by atoms with Crippen molar-refractivity contribution in [2.75, 3.05) is 13.1 Å². The van der Waals surface area contributed by atoms with Crippen molar-refractivity contribution < 1.29 is 13.9 Å². The van der Waals surface area contributed by atoms with Crippen LogP contribution >= 0.6 is 0 Å². The maximum atomic E-state index is 12.0. The molecule has 1 aromatic heterocycles. The number of benzene rings is 2. The molecule has 0 radical (unpaired) electrons. The van der Waals surface area contributed by atoms with E-state index in [1.807, 2.05) is 43.3 Å². The van der Waals surface area contributed by atoms with Gasteiger partial charge in [-0.3, -0.25) is 4.79 Å². The first kappa shape index (κ1) is 17.0. The van der Waals surface area contributed by atoms with E-state index in [9.17, 15) is 4.79 Å². The number of amides is 1. The Kier molecular flexibility index (Phi) is 5.36. The summed E-state index contributed by atoms with van der Waals surface area (Å²) in [5, 5.41) is 5.09. The summed E-state index contributed by atoms with van der Waals surface area (Å²) in [5.41, 5.74) is 5.54. The molecule has 0 bridgehead atoms. The Labute approximate surface area is 146 Å². The third-order valence-electron chi connectivity index (χ3n) is 4.00. The molecule has 25 heavy (non-hydrogen) atoms. The van der Waals surface area contributed by atoms with E-state index < -0.39 is 0 Å². The quantitative estimate of drug-likeness (QED) is 0.693. The van der Waals surface area contributed by atoms with Gasteiger partial charge in [0.1, 0.15) is 18.1 Å². The van der Waals surface area contributed by atoms with Crippen molar-refractivity contribution in [3.63, 3.8) is 0 Å². The van der Waals surface area contributed by atoms with Crippen LogP contribution in [0.5, 0.6) is 5.75 Å². The van der Waals surface area contributed by atoms with Crippen LogP contribution in [0.4, 0.5) is 0 Å². The smallest absolute Gasteiger partial charge is 0.287 e. The summed E-state index contributed by atoms with van der Waals surface area (Å²) in [6.45, 7) is 3.30. The molecule has 0 spiro atoms. The molecule has 0 aliphatic rings. The molecular weight excluding hydrogens is 316 g/mol. The molecule has 130 valence electrons. The van der Waals surface area contributed by atoms with Gasteiger partial charge in [-0.25, -0.2) is 0 Å². The number of hydrogen-bond donors (Lipinski definition) is 2. The van der Waals surface area contributed by atoms with Gasteiger partial charge in [0.15, 0.2) is 5.76 Å². The lowest BCUT2D eigenvalue weighted by Crippen LogP contribution is -2.31. The average Bonchev–Trinajstić information content (AvgIpc) is 3.13. The fraction of sp³-hybridized carbons (Fsp3) is 0.250. The van der Waals surface area contributed by atoms with Crippen molar-refractivity contribution in [1.82, 2.24) is 5.32 Å². The van der Waals surface area contributed by atoms with Crippen molar-refractivity contribution in [2.45, 2.75) is 13.5 Å². The first-order valence-corrected chi connectivity index (χ1v) is 8.34. The second-order valence-corrected chi connectivity index (χ2v) is 6.11. The van der Waals surface area contributed by atoms with Crippen molar-refractivity contribution in [2.24, 2.45) is 11.7 Å². The molecular formula is C20H22N2O3. The summed E-state index contributed by atoms with van der Waals surface area (Å²) in [6, 6.07) is 17.4. The molecule has 5 heteroatoms. The highest BCUT2D eigenvalue weighted by Crippen LogP contribution is 2.21. The van der Waals surface area contributed by atoms with E-state index in [1.54, 1.807) is 12.1 Å². The lowest BCUT2D eigenvalue weighted by Gasteiger charge is -2.08. The maximum Gasteiger partial charge on any atom is 0.287 e. The van der Waals surface area contributed by atoms with Crippen LogP contribution in [0.15, 0.2) is 59.0 Å². The molecule has 3 rings (SSSR count). The second kappa shape index (κ2) is 7.85. The zero-order valence-electron chi connectivity index (χ0n) is 14.2. The van der Waals surface area contributed by atoms with Gasteiger partial charge in [0.25, 0.3) is 5.91 Å². The van der Waals surface area contributed by atoms with Crippen LogP contribution in [-0.4, -0.2) is 19.0 Å². The minimum atomic E-state index is -0.239. The number of carbonyl (C=O) groups excluding carboxylic acids is 1. The molecule has 0 aliphatic carbocycles. The van der Waals surface area contributed by atoms with E-state index in [0.29, 0.717) is 18.8 Å². The van der Waals surface area contributed by atoms with Crippen LogP contribution in [0, 0.1) is 5.92 Å². The van der Waals surface area contributed by atoms with E-state index >= 15 is 0 Å². The number of carbonyl (C=O) groups is 1. The third kappa shape index (κ3) is 4.39. The highest BCUT2D eigenvalue weighted by molar-refractivity contribution is 5.91. The number of nitrogens with one attached hydrogen (secondary N) is 1. The number of rotatable bonds is 7. The maximum absolute atomic E-state index is 12.0. The summed E-state index contributed by atoms with van der Waals surface area (Å²) >= 11 is 0. The molecule has 2 aromatic carbocycles. The van der Waals surface area contributed by atoms with Gasteiger partial charge in [0, 0.05) is 6.54 Å². The molecule has 1 amide bonds. The number of furan rings is 1. The van der Waals surface area contributed by atoms with Gasteiger partial charge in [-0.2, -0.15) is 0 Å². The van der Waals surface area contributed by atoms with Gasteiger partial charge in [-0.1, -0.05) is 37.3 Å². The summed E-state index contributed by atoms with van der Waals surface area (Å²) in [7, 11) is 0. The van der Waals surface area contributed by atoms with Crippen molar-refractivity contribution in [3.8, 4) is 5.75 Å². The largest absolute Gasteiger partial charge is 0.486 e. The van der Waals surface area contributed by atoms with E-state index in [1.165, 1.54) is 5.39 Å². The van der Waals surface area contributed by atoms with Gasteiger partial charge in [-0.15, -0.1) is 0 Å². The van der Waals surface area contributed by atoms with Crippen LogP contribution in [0.3, 0.4) is 0 Å². The summed E-state index contributed by atoms with van der Waals surface area (Å²) < 4.78 is 11.3. The predicted molar refractivity (Wildman–Crippen MR) is 97.5 cm³/mol. The summed E-state index contributed by atoms with van der Waals surface area (Å²) in [6.07, 6.45) is 0. The van der Waals surface area contributed by atoms with E-state index in [0.717, 1.165) is 11.1 Å². The molecule has 1 unspecified atom stereocenters. The highest BCUT2D eigenvalue weighted by atomic mass is 16.5. The van der Waals surface area contributed by atoms with Crippen molar-refractivity contribution in [1.29, 1.82) is 0 Å². The van der Waals surface area contributed by atoms with Gasteiger partial charge >= 0.3 is 0 Å². The summed E-state index contributed by atoms with van der Waals surface area (Å²) in [4.78, 5) is 12.0. The Morgan fingerprint density at radius 3 is 2.76 bits per heavy atom. The van der Waals surface area contributed by atoms with Crippen molar-refractivity contribution in [3.05, 3.63) is 66.1 Å². The molecule has 0 saturated heterocycles. The second-order valence-electron chi connectivity index (χ2n) is 6.11. The Hall–Kier alpha value is -2.79. The number of hydrogen-bond acceptors (Lipinski definition) is 4. The zero-order valence-corrected chi connectivity index (χ0v) is 14.2. The van der Waals surface area contributed by atoms with Crippen LogP contribution in [0.1, 0.15) is 23.2 Å². The average molecular weight is 338 g/mol. The van der Waals surface area contributed by atoms with Gasteiger partial charge in [0.05, 0.1) is 0 Å². The lowest BCUT2D eigenvalue weighted by atomic mass is 10.1. The van der Waals surface area contributed by atoms with Gasteiger partial charge in [0.2, 0.25) is 0 Å². The Bertz CT molecular complexity index is 857. The molecule has 3 aromatic rings. The molecule has 0 aliphatic heterocycles. The fourth-order valence-electron chi connectivity index (χ4n) is 2.43. The molecule has 5 nitrogen and oxygen atoms in total. The topological polar surface area (TPSA) is 77.5 Å². The minimum absolute atomic E-state index is 0.231. The first-order chi connectivity index (χ1) is 12.2. The van der Waals surface area contributed by atoms with E-state index in [2.05, 4.69) is 11.4 Å². The predicted octanol–water partition coefficient (Wildman–Crippen LogP) is 3.34. The first-order valence-electron chi connectivity index (χ1n) is 8.34. The molecule has 1 atom stereocenters. The van der Waals surface area contributed by atoms with E-state index in [4.69, 9.17) is 14.9 Å². The van der Waals surface area contributed by atoms with Crippen LogP contribution < -0.4 is 15.8 Å². The fourth-order valence-corrected chi connectivity index (χ4v) is 2.43. The molecule has 3 N–H and O–H groups in total.